The lowest BCUT2D eigenvalue weighted by atomic mass is 10.3. The van der Waals surface area contributed by atoms with Gasteiger partial charge >= 0.3 is 5.97 Å². The van der Waals surface area contributed by atoms with Crippen LogP contribution in [0.2, 0.25) is 0 Å². The number of aliphatic hydroxyl groups is 1. The van der Waals surface area contributed by atoms with Gasteiger partial charge in [0, 0.05) is 19.6 Å². The Morgan fingerprint density at radius 2 is 1.86 bits per heavy atom. The van der Waals surface area contributed by atoms with E-state index in [-0.39, 0.29) is 18.1 Å². The molecule has 0 saturated carbocycles. The average Bonchev–Trinajstić information content (AvgIpc) is 2.08. The number of sulfone groups is 1. The van der Waals surface area contributed by atoms with E-state index < -0.39 is 21.9 Å². The van der Waals surface area contributed by atoms with Crippen molar-refractivity contribution in [2.24, 2.45) is 0 Å². The Morgan fingerprint density at radius 3 is 2.29 bits per heavy atom. The minimum absolute atomic E-state index is 0.00907. The Bertz CT molecular complexity index is 298. The maximum Gasteiger partial charge on any atom is 0.333 e. The van der Waals surface area contributed by atoms with Crippen molar-refractivity contribution in [3.05, 3.63) is 0 Å². The standard InChI is InChI=1S/C7H13NO5S/c9-6(7(10)11)5-8-1-3-14(12,13)4-2-8/h6,9H,1-5H2,(H,10,11). The molecule has 82 valence electrons. The summed E-state index contributed by atoms with van der Waals surface area (Å²) in [6.07, 6.45) is -1.43. The first-order valence-electron chi connectivity index (χ1n) is 4.24. The predicted octanol–water partition coefficient (Wildman–Crippen LogP) is -1.84. The minimum atomic E-state index is -2.94. The maximum atomic E-state index is 11.0. The fourth-order valence-electron chi connectivity index (χ4n) is 1.26. The van der Waals surface area contributed by atoms with Crippen LogP contribution in [0.5, 0.6) is 0 Å². The highest BCUT2D eigenvalue weighted by Crippen LogP contribution is 2.04. The van der Waals surface area contributed by atoms with Crippen LogP contribution in [0.4, 0.5) is 0 Å². The van der Waals surface area contributed by atoms with Crippen molar-refractivity contribution >= 4 is 15.8 Å². The summed E-state index contributed by atoms with van der Waals surface area (Å²) >= 11 is 0. The number of hydrogen-bond acceptors (Lipinski definition) is 5. The zero-order valence-electron chi connectivity index (χ0n) is 7.59. The second-order valence-electron chi connectivity index (χ2n) is 3.31. The van der Waals surface area contributed by atoms with Gasteiger partial charge < -0.3 is 10.2 Å². The van der Waals surface area contributed by atoms with E-state index in [0.29, 0.717) is 13.1 Å². The molecule has 0 aliphatic carbocycles. The highest BCUT2D eigenvalue weighted by atomic mass is 32.2. The van der Waals surface area contributed by atoms with Gasteiger partial charge in [-0.3, -0.25) is 4.90 Å². The van der Waals surface area contributed by atoms with Crippen molar-refractivity contribution in [2.45, 2.75) is 6.10 Å². The molecule has 0 radical (unpaired) electrons. The zero-order chi connectivity index (χ0) is 10.8. The third-order valence-corrected chi connectivity index (χ3v) is 3.76. The summed E-state index contributed by atoms with van der Waals surface area (Å²) in [4.78, 5) is 11.9. The summed E-state index contributed by atoms with van der Waals surface area (Å²) < 4.78 is 22.0. The second-order valence-corrected chi connectivity index (χ2v) is 5.61. The number of carboxylic acids is 1. The van der Waals surface area contributed by atoms with Crippen molar-refractivity contribution < 1.29 is 23.4 Å². The summed E-state index contributed by atoms with van der Waals surface area (Å²) in [6.45, 7) is 0.587. The lowest BCUT2D eigenvalue weighted by Gasteiger charge is -2.27. The van der Waals surface area contributed by atoms with Crippen LogP contribution < -0.4 is 0 Å². The summed E-state index contributed by atoms with van der Waals surface area (Å²) in [6, 6.07) is 0. The fourth-order valence-corrected chi connectivity index (χ4v) is 2.53. The molecule has 1 fully saturated rings. The molecule has 6 nitrogen and oxygen atoms in total. The monoisotopic (exact) mass is 223 g/mol. The molecule has 0 aromatic heterocycles. The molecular formula is C7H13NO5S. The molecule has 7 heteroatoms. The van der Waals surface area contributed by atoms with Crippen LogP contribution in [0.15, 0.2) is 0 Å². The van der Waals surface area contributed by atoms with Crippen molar-refractivity contribution in [1.29, 1.82) is 0 Å². The molecular weight excluding hydrogens is 210 g/mol. The van der Waals surface area contributed by atoms with Gasteiger partial charge in [0.2, 0.25) is 0 Å². The Morgan fingerprint density at radius 1 is 1.36 bits per heavy atom. The average molecular weight is 223 g/mol. The van der Waals surface area contributed by atoms with E-state index in [9.17, 15) is 13.2 Å². The van der Waals surface area contributed by atoms with Gasteiger partial charge in [-0.2, -0.15) is 0 Å². The number of nitrogens with zero attached hydrogens (tertiary/aromatic N) is 1. The summed E-state index contributed by atoms with van der Waals surface area (Å²) in [5.74, 6) is -1.20. The Hall–Kier alpha value is -0.660. The normalized spacial score (nSPS) is 24.4. The first kappa shape index (κ1) is 11.4. The molecule has 0 aromatic carbocycles. The molecule has 1 rings (SSSR count). The molecule has 0 bridgehead atoms. The number of carbonyl (C=O) groups is 1. The SMILES string of the molecule is O=C(O)C(O)CN1CCS(=O)(=O)CC1. The zero-order valence-corrected chi connectivity index (χ0v) is 8.40. The van der Waals surface area contributed by atoms with Gasteiger partial charge in [-0.25, -0.2) is 13.2 Å². The molecule has 1 aliphatic heterocycles. The molecule has 1 heterocycles. The van der Waals surface area contributed by atoms with Crippen LogP contribution in [-0.4, -0.2) is 66.7 Å². The third kappa shape index (κ3) is 3.24. The molecule has 14 heavy (non-hydrogen) atoms. The van der Waals surface area contributed by atoms with Crippen molar-refractivity contribution in [3.63, 3.8) is 0 Å². The molecule has 0 aromatic rings. The van der Waals surface area contributed by atoms with Crippen molar-refractivity contribution in [3.8, 4) is 0 Å². The number of aliphatic carboxylic acids is 1. The predicted molar refractivity (Wildman–Crippen MR) is 48.7 cm³/mol. The van der Waals surface area contributed by atoms with Gasteiger partial charge in [0.25, 0.3) is 0 Å². The Labute approximate surface area is 82.1 Å². The minimum Gasteiger partial charge on any atom is -0.479 e. The fraction of sp³-hybridized carbons (Fsp3) is 0.857. The van der Waals surface area contributed by atoms with Crippen LogP contribution >= 0.6 is 0 Å². The van der Waals surface area contributed by atoms with E-state index >= 15 is 0 Å². The summed E-state index contributed by atoms with van der Waals surface area (Å²) in [5.41, 5.74) is 0. The topological polar surface area (TPSA) is 94.9 Å². The maximum absolute atomic E-state index is 11.0. The van der Waals surface area contributed by atoms with E-state index in [4.69, 9.17) is 10.2 Å². The van der Waals surface area contributed by atoms with Crippen molar-refractivity contribution in [2.75, 3.05) is 31.1 Å². The molecule has 0 spiro atoms. The Balaban J connectivity index is 2.40. The van der Waals surface area contributed by atoms with Crippen LogP contribution in [0.1, 0.15) is 0 Å². The molecule has 1 aliphatic rings. The number of aliphatic hydroxyl groups excluding tert-OH is 1. The number of hydrogen-bond donors (Lipinski definition) is 2. The first-order chi connectivity index (χ1) is 6.41. The number of carboxylic acid groups (broad SMARTS) is 1. The lowest BCUT2D eigenvalue weighted by molar-refractivity contribution is -0.147. The van der Waals surface area contributed by atoms with E-state index in [1.54, 1.807) is 4.90 Å². The van der Waals surface area contributed by atoms with E-state index in [2.05, 4.69) is 0 Å². The molecule has 0 amide bonds. The summed E-state index contributed by atoms with van der Waals surface area (Å²) in [5, 5.41) is 17.4. The van der Waals surface area contributed by atoms with Gasteiger partial charge in [0.15, 0.2) is 15.9 Å². The van der Waals surface area contributed by atoms with Crippen LogP contribution in [0, 0.1) is 0 Å². The van der Waals surface area contributed by atoms with Gasteiger partial charge in [0.05, 0.1) is 11.5 Å². The van der Waals surface area contributed by atoms with Crippen LogP contribution in [0.25, 0.3) is 0 Å². The second kappa shape index (κ2) is 4.24. The van der Waals surface area contributed by atoms with E-state index in [0.717, 1.165) is 0 Å². The van der Waals surface area contributed by atoms with E-state index in [1.807, 2.05) is 0 Å². The molecule has 2 N–H and O–H groups in total. The van der Waals surface area contributed by atoms with Gasteiger partial charge in [-0.15, -0.1) is 0 Å². The van der Waals surface area contributed by atoms with Crippen molar-refractivity contribution in [1.82, 2.24) is 4.90 Å². The first-order valence-corrected chi connectivity index (χ1v) is 6.06. The van der Waals surface area contributed by atoms with Crippen LogP contribution in [0.3, 0.4) is 0 Å². The van der Waals surface area contributed by atoms with E-state index in [1.165, 1.54) is 0 Å². The van der Waals surface area contributed by atoms with Gasteiger partial charge in [0.1, 0.15) is 0 Å². The summed E-state index contributed by atoms with van der Waals surface area (Å²) in [7, 11) is -2.94. The quantitative estimate of drug-likeness (QED) is 0.584. The largest absolute Gasteiger partial charge is 0.479 e. The number of rotatable bonds is 3. The molecule has 1 saturated heterocycles. The smallest absolute Gasteiger partial charge is 0.333 e. The highest BCUT2D eigenvalue weighted by Gasteiger charge is 2.25. The number of β-amino-alcohol motifs (C(OH)–C–C–N with tert-alkyl or cyclic N) is 1. The molecule has 1 atom stereocenters. The molecule has 1 unspecified atom stereocenters. The highest BCUT2D eigenvalue weighted by molar-refractivity contribution is 7.91. The Kier molecular flexibility index (Phi) is 3.46. The van der Waals surface area contributed by atoms with Gasteiger partial charge in [-0.1, -0.05) is 0 Å². The lowest BCUT2D eigenvalue weighted by Crippen LogP contribution is -2.45. The third-order valence-electron chi connectivity index (χ3n) is 2.15. The van der Waals surface area contributed by atoms with Gasteiger partial charge in [-0.05, 0) is 0 Å². The van der Waals surface area contributed by atoms with Crippen LogP contribution in [-0.2, 0) is 14.6 Å².